The molecule has 0 atom stereocenters. The molecule has 0 bridgehead atoms. The number of halogens is 1. The number of rotatable bonds is 8. The predicted molar refractivity (Wildman–Crippen MR) is 86.9 cm³/mol. The van der Waals surface area contributed by atoms with Gasteiger partial charge in [-0.2, -0.15) is 0 Å². The zero-order valence-electron chi connectivity index (χ0n) is 13.0. The van der Waals surface area contributed by atoms with Crippen molar-refractivity contribution in [2.24, 2.45) is 0 Å². The highest BCUT2D eigenvalue weighted by Gasteiger charge is 2.14. The average molecular weight is 359 g/mol. The molecule has 0 aromatic heterocycles. The van der Waals surface area contributed by atoms with Crippen molar-refractivity contribution < 1.29 is 14.3 Å². The van der Waals surface area contributed by atoms with Gasteiger partial charge >= 0.3 is 0 Å². The summed E-state index contributed by atoms with van der Waals surface area (Å²) in [7, 11) is 3.34. The molecule has 21 heavy (non-hydrogen) atoms. The van der Waals surface area contributed by atoms with Gasteiger partial charge in [-0.25, -0.2) is 0 Å². The van der Waals surface area contributed by atoms with Crippen LogP contribution in [0, 0.1) is 0 Å². The molecule has 1 aromatic carbocycles. The van der Waals surface area contributed by atoms with Crippen molar-refractivity contribution in [2.45, 2.75) is 20.4 Å². The zero-order valence-corrected chi connectivity index (χ0v) is 14.6. The van der Waals surface area contributed by atoms with E-state index in [2.05, 4.69) is 28.2 Å². The Hall–Kier alpha value is -1.27. The molecule has 0 heterocycles. The SMILES string of the molecule is CCNCc1cc(Br)c(OCC(=O)N(C)CC)c(OC)c1. The normalized spacial score (nSPS) is 10.3. The number of likely N-dealkylation sites (N-methyl/N-ethyl adjacent to an activating group) is 1. The molecule has 0 aliphatic carbocycles. The quantitative estimate of drug-likeness (QED) is 0.775. The molecule has 6 heteroatoms. The van der Waals surface area contributed by atoms with E-state index in [4.69, 9.17) is 9.47 Å². The van der Waals surface area contributed by atoms with Gasteiger partial charge in [-0.3, -0.25) is 4.79 Å². The highest BCUT2D eigenvalue weighted by atomic mass is 79.9. The molecule has 1 N–H and O–H groups in total. The minimum atomic E-state index is -0.0665. The maximum Gasteiger partial charge on any atom is 0.260 e. The summed E-state index contributed by atoms with van der Waals surface area (Å²) in [6.45, 7) is 6.27. The number of carbonyl (C=O) groups is 1. The summed E-state index contributed by atoms with van der Waals surface area (Å²) in [5, 5.41) is 3.26. The van der Waals surface area contributed by atoms with E-state index < -0.39 is 0 Å². The first kappa shape index (κ1) is 17.8. The van der Waals surface area contributed by atoms with Crippen molar-refractivity contribution in [2.75, 3.05) is 33.9 Å². The Kier molecular flexibility index (Phi) is 7.53. The maximum absolute atomic E-state index is 11.8. The smallest absolute Gasteiger partial charge is 0.260 e. The molecule has 0 saturated heterocycles. The number of nitrogens with zero attached hydrogens (tertiary/aromatic N) is 1. The lowest BCUT2D eigenvalue weighted by Crippen LogP contribution is -2.31. The lowest BCUT2D eigenvalue weighted by molar-refractivity contribution is -0.131. The number of nitrogens with one attached hydrogen (secondary N) is 1. The zero-order chi connectivity index (χ0) is 15.8. The van der Waals surface area contributed by atoms with Crippen LogP contribution < -0.4 is 14.8 Å². The second kappa shape index (κ2) is 8.89. The molecule has 0 aliphatic rings. The number of hydrogen-bond acceptors (Lipinski definition) is 4. The first-order valence-corrected chi connectivity index (χ1v) is 7.76. The molecule has 0 radical (unpaired) electrons. The van der Waals surface area contributed by atoms with Gasteiger partial charge in [-0.15, -0.1) is 0 Å². The van der Waals surface area contributed by atoms with Crippen molar-refractivity contribution in [1.82, 2.24) is 10.2 Å². The summed E-state index contributed by atoms with van der Waals surface area (Å²) < 4.78 is 11.8. The molecule has 1 amide bonds. The molecular formula is C15H23BrN2O3. The highest BCUT2D eigenvalue weighted by Crippen LogP contribution is 2.36. The molecular weight excluding hydrogens is 336 g/mol. The minimum absolute atomic E-state index is 0.00808. The van der Waals surface area contributed by atoms with Crippen LogP contribution in [0.4, 0.5) is 0 Å². The largest absolute Gasteiger partial charge is 0.493 e. The summed E-state index contributed by atoms with van der Waals surface area (Å²) in [6.07, 6.45) is 0. The second-order valence-corrected chi connectivity index (χ2v) is 5.44. The maximum atomic E-state index is 11.8. The van der Waals surface area contributed by atoms with Crippen molar-refractivity contribution in [3.8, 4) is 11.5 Å². The van der Waals surface area contributed by atoms with Crippen LogP contribution >= 0.6 is 15.9 Å². The third-order valence-corrected chi connectivity index (χ3v) is 3.70. The van der Waals surface area contributed by atoms with Crippen LogP contribution in [0.25, 0.3) is 0 Å². The van der Waals surface area contributed by atoms with Crippen molar-refractivity contribution >= 4 is 21.8 Å². The number of benzene rings is 1. The van der Waals surface area contributed by atoms with Crippen molar-refractivity contribution in [3.63, 3.8) is 0 Å². The molecule has 0 aliphatic heterocycles. The lowest BCUT2D eigenvalue weighted by Gasteiger charge is -2.17. The Bertz CT molecular complexity index is 480. The van der Waals surface area contributed by atoms with E-state index in [-0.39, 0.29) is 12.5 Å². The first-order chi connectivity index (χ1) is 10.0. The molecule has 5 nitrogen and oxygen atoms in total. The summed E-state index contributed by atoms with van der Waals surface area (Å²) in [5.41, 5.74) is 1.09. The fraction of sp³-hybridized carbons (Fsp3) is 0.533. The van der Waals surface area contributed by atoms with Crippen LogP contribution in [0.1, 0.15) is 19.4 Å². The summed E-state index contributed by atoms with van der Waals surface area (Å²) in [4.78, 5) is 13.4. The second-order valence-electron chi connectivity index (χ2n) is 4.59. The Balaban J connectivity index is 2.84. The van der Waals surface area contributed by atoms with E-state index in [0.717, 1.165) is 23.1 Å². The first-order valence-electron chi connectivity index (χ1n) is 6.97. The van der Waals surface area contributed by atoms with Gasteiger partial charge in [0.25, 0.3) is 5.91 Å². The van der Waals surface area contributed by atoms with Crippen LogP contribution in [0.3, 0.4) is 0 Å². The fourth-order valence-corrected chi connectivity index (χ4v) is 2.31. The Morgan fingerprint density at radius 1 is 1.38 bits per heavy atom. The predicted octanol–water partition coefficient (Wildman–Crippen LogP) is 2.42. The third-order valence-electron chi connectivity index (χ3n) is 3.11. The molecule has 0 saturated carbocycles. The van der Waals surface area contributed by atoms with Gasteiger partial charge in [0.2, 0.25) is 0 Å². The van der Waals surface area contributed by atoms with E-state index in [1.54, 1.807) is 19.1 Å². The van der Waals surface area contributed by atoms with Crippen LogP contribution in [-0.2, 0) is 11.3 Å². The average Bonchev–Trinajstić information content (AvgIpc) is 2.49. The van der Waals surface area contributed by atoms with Crippen LogP contribution in [0.15, 0.2) is 16.6 Å². The van der Waals surface area contributed by atoms with Gasteiger partial charge in [-0.1, -0.05) is 6.92 Å². The Labute approximate surface area is 134 Å². The van der Waals surface area contributed by atoms with E-state index in [0.29, 0.717) is 18.0 Å². The lowest BCUT2D eigenvalue weighted by atomic mass is 10.2. The van der Waals surface area contributed by atoms with Gasteiger partial charge < -0.3 is 19.7 Å². The monoisotopic (exact) mass is 358 g/mol. The van der Waals surface area contributed by atoms with Gasteiger partial charge in [0.05, 0.1) is 11.6 Å². The Morgan fingerprint density at radius 3 is 2.67 bits per heavy atom. The topological polar surface area (TPSA) is 50.8 Å². The summed E-state index contributed by atoms with van der Waals surface area (Å²) >= 11 is 3.48. The third kappa shape index (κ3) is 5.21. The Morgan fingerprint density at radius 2 is 2.10 bits per heavy atom. The molecule has 118 valence electrons. The van der Waals surface area contributed by atoms with Gasteiger partial charge in [-0.05, 0) is 47.1 Å². The molecule has 1 rings (SSSR count). The van der Waals surface area contributed by atoms with Gasteiger partial charge in [0.1, 0.15) is 0 Å². The molecule has 0 fully saturated rings. The molecule has 1 aromatic rings. The van der Waals surface area contributed by atoms with Crippen molar-refractivity contribution in [3.05, 3.63) is 22.2 Å². The number of carbonyl (C=O) groups excluding carboxylic acids is 1. The van der Waals surface area contributed by atoms with E-state index in [1.807, 2.05) is 19.1 Å². The minimum Gasteiger partial charge on any atom is -0.493 e. The van der Waals surface area contributed by atoms with Crippen molar-refractivity contribution in [1.29, 1.82) is 0 Å². The van der Waals surface area contributed by atoms with Crippen LogP contribution in [0.2, 0.25) is 0 Å². The summed E-state index contributed by atoms with van der Waals surface area (Å²) in [6, 6.07) is 3.88. The molecule has 0 spiro atoms. The van der Waals surface area contributed by atoms with Gasteiger partial charge in [0.15, 0.2) is 18.1 Å². The number of amides is 1. The fourth-order valence-electron chi connectivity index (χ4n) is 1.71. The highest BCUT2D eigenvalue weighted by molar-refractivity contribution is 9.10. The number of ether oxygens (including phenoxy) is 2. The molecule has 0 unspecified atom stereocenters. The van der Waals surface area contributed by atoms with E-state index >= 15 is 0 Å². The van der Waals surface area contributed by atoms with Crippen LogP contribution in [0.5, 0.6) is 11.5 Å². The summed E-state index contributed by atoms with van der Waals surface area (Å²) in [5.74, 6) is 1.10. The van der Waals surface area contributed by atoms with Crippen LogP contribution in [-0.4, -0.2) is 44.7 Å². The van der Waals surface area contributed by atoms with E-state index in [1.165, 1.54) is 0 Å². The van der Waals surface area contributed by atoms with Gasteiger partial charge in [0, 0.05) is 20.1 Å². The number of hydrogen-bond donors (Lipinski definition) is 1. The standard InChI is InChI=1S/C15H23BrN2O3/c1-5-17-9-11-7-12(16)15(13(8-11)20-4)21-10-14(19)18(3)6-2/h7-8,17H,5-6,9-10H2,1-4H3. The number of methoxy groups -OCH3 is 1. The van der Waals surface area contributed by atoms with E-state index in [9.17, 15) is 4.79 Å².